The summed E-state index contributed by atoms with van der Waals surface area (Å²) in [5, 5.41) is 12.5. The Bertz CT molecular complexity index is 4630. The van der Waals surface area contributed by atoms with Crippen molar-refractivity contribution in [2.45, 2.75) is 275 Å². The molecule has 14 aromatic rings. The van der Waals surface area contributed by atoms with Gasteiger partial charge in [-0.25, -0.2) is 19.7 Å². The van der Waals surface area contributed by atoms with Gasteiger partial charge in [-0.15, -0.1) is 0 Å². The Hall–Kier alpha value is -10.9. The van der Waals surface area contributed by atoms with Crippen molar-refractivity contribution in [1.82, 2.24) is 35.2 Å². The predicted molar refractivity (Wildman–Crippen MR) is 484 cm³/mol. The van der Waals surface area contributed by atoms with E-state index in [1.807, 2.05) is 202 Å². The van der Waals surface area contributed by atoms with Crippen LogP contribution in [0.3, 0.4) is 0 Å². The number of aromatic nitrogens is 7. The molecule has 0 saturated heterocycles. The first-order valence-corrected chi connectivity index (χ1v) is 41.6. The maximum absolute atomic E-state index is 11.0. The number of hydrogen-bond acceptors (Lipinski definition) is 17. The van der Waals surface area contributed by atoms with Crippen LogP contribution in [-0.2, 0) is 11.2 Å². The van der Waals surface area contributed by atoms with Gasteiger partial charge >= 0.3 is 11.7 Å². The van der Waals surface area contributed by atoms with Crippen LogP contribution in [0, 0.1) is 0 Å². The summed E-state index contributed by atoms with van der Waals surface area (Å²) < 4.78 is 41.0. The normalized spacial score (nSPS) is 10.8. The maximum Gasteiger partial charge on any atom is 0.417 e. The van der Waals surface area contributed by atoms with Gasteiger partial charge in [0.1, 0.15) is 22.3 Å². The van der Waals surface area contributed by atoms with Crippen LogP contribution in [0.5, 0.6) is 11.5 Å². The number of anilines is 1. The molecule has 0 radical (unpaired) electrons. The van der Waals surface area contributed by atoms with Crippen molar-refractivity contribution >= 4 is 78.1 Å². The van der Waals surface area contributed by atoms with Gasteiger partial charge in [0.25, 0.3) is 0 Å². The van der Waals surface area contributed by atoms with E-state index in [-0.39, 0.29) is 5.97 Å². The van der Waals surface area contributed by atoms with Crippen LogP contribution in [0.2, 0.25) is 0 Å². The van der Waals surface area contributed by atoms with E-state index in [1.165, 1.54) is 57.3 Å². The fourth-order valence-electron chi connectivity index (χ4n) is 10.3. The second kappa shape index (κ2) is 55.6. The highest BCUT2D eigenvalue weighted by Gasteiger charge is 2.21. The minimum absolute atomic E-state index is 0.143. The number of nitrogens with zero attached hydrogens (tertiary/aromatic N) is 6. The van der Waals surface area contributed by atoms with Gasteiger partial charge in [-0.1, -0.05) is 274 Å². The SMILES string of the molecule is C=C1Nc2ncc(C(C)C)cc2O1.CC.CC.CC.CC.CC.CC.CC.CC.CC(C)c1ccc2[nH]c(=O)oc2c1.CC(C)c1ccc2c(c1)CC(=O)O2.CC(C)c1ccc2cnoc2c1.CC(C)c1ccc2ncoc2c1.CC(C)c1ccc2ocnc2c1.CC(C)c1ccc2oncc2c1.CC(C)c1coc2cccnc12. The van der Waals surface area contributed by atoms with Crippen LogP contribution in [0.1, 0.15) is 319 Å². The van der Waals surface area contributed by atoms with Crippen molar-refractivity contribution in [3.8, 4) is 11.5 Å². The summed E-state index contributed by atoms with van der Waals surface area (Å²) in [7, 11) is 0. The number of pyridine rings is 2. The second-order valence-electron chi connectivity index (χ2n) is 26.7. The van der Waals surface area contributed by atoms with Crippen LogP contribution in [-0.4, -0.2) is 41.2 Å². The number of carbonyl (C=O) groups is 1. The highest BCUT2D eigenvalue weighted by Crippen LogP contribution is 2.34. The number of hydrogen-bond donors (Lipinski definition) is 2. The van der Waals surface area contributed by atoms with E-state index in [4.69, 9.17) is 36.2 Å². The molecular formula is C97H138N8O10. The Kier molecular flexibility index (Phi) is 49.3. The quantitative estimate of drug-likeness (QED) is 0.106. The number of aromatic amines is 1. The number of benzene rings is 6. The van der Waals surface area contributed by atoms with E-state index >= 15 is 0 Å². The van der Waals surface area contributed by atoms with E-state index in [9.17, 15) is 9.59 Å². The Balaban J connectivity index is 0.000000640. The molecule has 0 unspecified atom stereocenters. The van der Waals surface area contributed by atoms with Crippen molar-refractivity contribution < 1.29 is 41.0 Å². The second-order valence-corrected chi connectivity index (χ2v) is 26.7. The van der Waals surface area contributed by atoms with Crippen molar-refractivity contribution in [2.75, 3.05) is 5.32 Å². The van der Waals surface area contributed by atoms with Gasteiger partial charge in [-0.3, -0.25) is 14.8 Å². The van der Waals surface area contributed by atoms with Crippen LogP contribution in [0.15, 0.2) is 215 Å². The molecule has 0 saturated carbocycles. The van der Waals surface area contributed by atoms with E-state index < -0.39 is 5.76 Å². The lowest BCUT2D eigenvalue weighted by atomic mass is 10.00. The minimum Gasteiger partial charge on any atom is -0.462 e. The van der Waals surface area contributed by atoms with Crippen LogP contribution < -0.4 is 20.5 Å². The number of esters is 1. The lowest BCUT2D eigenvalue weighted by Gasteiger charge is -2.05. The Morgan fingerprint density at radius 3 is 1.44 bits per heavy atom. The summed E-state index contributed by atoms with van der Waals surface area (Å²) in [6, 6.07) is 42.2. The van der Waals surface area contributed by atoms with Crippen molar-refractivity contribution in [3.63, 3.8) is 0 Å². The number of fused-ring (bicyclic) bond motifs is 8. The van der Waals surface area contributed by atoms with Crippen molar-refractivity contribution in [1.29, 1.82) is 0 Å². The summed E-state index contributed by atoms with van der Waals surface area (Å²) in [6.45, 7) is 70.0. The summed E-state index contributed by atoms with van der Waals surface area (Å²) >= 11 is 0. The zero-order valence-electron chi connectivity index (χ0n) is 75.5. The Labute approximate surface area is 687 Å². The van der Waals surface area contributed by atoms with Gasteiger partial charge in [-0.05, 0) is 178 Å². The van der Waals surface area contributed by atoms with E-state index in [2.05, 4.69) is 200 Å². The number of ether oxygens (including phenoxy) is 2. The average Bonchev–Trinajstić information content (AvgIpc) is 1.57. The summed E-state index contributed by atoms with van der Waals surface area (Å²) in [5.41, 5.74) is 19.6. The number of H-pyrrole nitrogens is 1. The van der Waals surface area contributed by atoms with Crippen molar-refractivity contribution in [3.05, 3.63) is 244 Å². The molecule has 2 N–H and O–H groups in total. The molecule has 18 nitrogen and oxygen atoms in total. The first-order valence-electron chi connectivity index (χ1n) is 41.6. The monoisotopic (exact) mass is 1580 g/mol. The summed E-state index contributed by atoms with van der Waals surface area (Å²) in [6.07, 6.45) is 12.3. The molecule has 16 rings (SSSR count). The zero-order chi connectivity index (χ0) is 87.0. The number of furan rings is 1. The molecule has 0 amide bonds. The third-order valence-electron chi connectivity index (χ3n) is 16.6. The van der Waals surface area contributed by atoms with E-state index in [0.717, 1.165) is 83.6 Å². The third kappa shape index (κ3) is 32.5. The number of rotatable bonds is 8. The Morgan fingerprint density at radius 1 is 0.383 bits per heavy atom. The summed E-state index contributed by atoms with van der Waals surface area (Å²) in [5.74, 6) is 6.35. The van der Waals surface area contributed by atoms with Gasteiger partial charge in [0.2, 0.25) is 0 Å². The van der Waals surface area contributed by atoms with Gasteiger partial charge in [0.05, 0.1) is 30.6 Å². The highest BCUT2D eigenvalue weighted by atomic mass is 16.5. The molecule has 0 spiro atoms. The lowest BCUT2D eigenvalue weighted by molar-refractivity contribution is -0.131. The Morgan fingerprint density at radius 2 is 0.861 bits per heavy atom. The molecule has 6 aromatic carbocycles. The standard InChI is InChI=1S/C11H12O2.C10H12N2O.C10H11NO2.5C10H11NO.8C2H6/c1-7(2)8-3-4-10-9(5-8)6-11(12)13-10;1-6(2)8-4-9-10(11-5-8)12-7(3)13-9;1-6(2)7-3-4-8-9(5-7)13-10(12)11-8;1-7(2)8-3-4-10-9(5-8)11-6-12-10;1-7(2)8-3-4-10-9(5-8)6-11-12-10;1-7(2)8-3-4-9-10(5-8)12-6-11-9;1-7(2)8-3-4-9-6-11-12-10(9)5-8;1-7(2)8-6-12-9-4-3-5-11-10(8)9;8*1-2/h3-5,7H,6H2,1-2H3;4-6H,3H2,1-2H3,(H,11,12);3-6H,1-2H3,(H,11,12);5*3-7H,1-2H3;8*1-2H3. The van der Waals surface area contributed by atoms with Gasteiger partial charge in [-0.2, -0.15) is 0 Å². The molecule has 2 aliphatic heterocycles. The maximum atomic E-state index is 11.0. The highest BCUT2D eigenvalue weighted by molar-refractivity contribution is 5.82. The van der Waals surface area contributed by atoms with Crippen LogP contribution in [0.25, 0.3) is 66.3 Å². The van der Waals surface area contributed by atoms with E-state index in [0.29, 0.717) is 65.2 Å². The van der Waals surface area contributed by atoms with Gasteiger partial charge < -0.3 is 41.5 Å². The number of carbonyl (C=O) groups excluding carboxylic acids is 1. The molecule has 18 heteroatoms. The number of nitrogens with one attached hydrogen (secondary N) is 2. The largest absolute Gasteiger partial charge is 0.462 e. The molecule has 10 heterocycles. The smallest absolute Gasteiger partial charge is 0.417 e. The predicted octanol–water partition coefficient (Wildman–Crippen LogP) is 30.0. The molecule has 0 bridgehead atoms. The first kappa shape index (κ1) is 102. The summed E-state index contributed by atoms with van der Waals surface area (Å²) in [4.78, 5) is 41.1. The molecule has 115 heavy (non-hydrogen) atoms. The fourth-order valence-corrected chi connectivity index (χ4v) is 10.3. The van der Waals surface area contributed by atoms with E-state index in [1.54, 1.807) is 24.9 Å². The molecule has 0 fully saturated rings. The molecular weight excluding hydrogens is 1440 g/mol. The first-order chi connectivity index (χ1) is 55.4. The minimum atomic E-state index is -0.393. The fraction of sp³-hybridized carbons (Fsp3) is 0.423. The molecule has 0 aliphatic carbocycles. The molecule has 0 atom stereocenters. The molecule has 2 aliphatic rings. The van der Waals surface area contributed by atoms with Crippen molar-refractivity contribution in [2.24, 2.45) is 0 Å². The molecule has 8 aromatic heterocycles. The lowest BCUT2D eigenvalue weighted by Crippen LogP contribution is -2.00. The van der Waals surface area contributed by atoms with Crippen LogP contribution in [0.4, 0.5) is 5.82 Å². The zero-order valence-corrected chi connectivity index (χ0v) is 75.5. The van der Waals surface area contributed by atoms with Gasteiger partial charge in [0, 0.05) is 34.3 Å². The third-order valence-corrected chi connectivity index (χ3v) is 16.6. The topological polar surface area (TPSA) is 237 Å². The van der Waals surface area contributed by atoms with Crippen LogP contribution >= 0.6 is 0 Å². The average molecular weight is 1580 g/mol. The van der Waals surface area contributed by atoms with Gasteiger partial charge in [0.15, 0.2) is 63.7 Å². The molecule has 626 valence electrons. The number of oxazole rings is 3.